The Kier molecular flexibility index (Phi) is 8.79. The number of aromatic nitrogens is 2. The maximum Gasteiger partial charge on any atom is 0.259 e. The number of carbonyl (C=O) groups excluding carboxylic acids is 1. The van der Waals surface area contributed by atoms with Gasteiger partial charge in [-0.15, -0.1) is 24.8 Å². The van der Waals surface area contributed by atoms with Gasteiger partial charge in [0.05, 0.1) is 18.6 Å². The van der Waals surface area contributed by atoms with Crippen LogP contribution in [0.1, 0.15) is 23.7 Å². The highest BCUT2D eigenvalue weighted by Crippen LogP contribution is 2.33. The van der Waals surface area contributed by atoms with Gasteiger partial charge in [0, 0.05) is 31.5 Å². The number of anilines is 1. The number of nitrogens with zero attached hydrogens (tertiary/aromatic N) is 3. The molecule has 36 heavy (non-hydrogen) atoms. The van der Waals surface area contributed by atoms with Crippen LogP contribution in [0.25, 0.3) is 11.1 Å². The lowest BCUT2D eigenvalue weighted by Crippen LogP contribution is -2.46. The molecule has 0 bridgehead atoms. The molecule has 0 radical (unpaired) electrons. The fraction of sp³-hybridized carbons (Fsp3) is 0.214. The molecule has 8 heteroatoms. The van der Waals surface area contributed by atoms with Crippen molar-refractivity contribution in [1.82, 2.24) is 14.9 Å². The maximum atomic E-state index is 13.6. The van der Waals surface area contributed by atoms with Gasteiger partial charge in [0.2, 0.25) is 0 Å². The molecule has 0 saturated heterocycles. The monoisotopic (exact) mass is 524 g/mol. The summed E-state index contributed by atoms with van der Waals surface area (Å²) in [5.74, 6) is -0.293. The number of halogens is 2. The minimum absolute atomic E-state index is 0. The van der Waals surface area contributed by atoms with Crippen LogP contribution in [0, 0.1) is 0 Å². The van der Waals surface area contributed by atoms with E-state index in [1.807, 2.05) is 42.6 Å². The van der Waals surface area contributed by atoms with Gasteiger partial charge in [0.25, 0.3) is 5.91 Å². The fourth-order valence-electron chi connectivity index (χ4n) is 4.59. The van der Waals surface area contributed by atoms with Gasteiger partial charge in [0.15, 0.2) is 5.60 Å². The molecule has 188 valence electrons. The second-order valence-corrected chi connectivity index (χ2v) is 8.87. The van der Waals surface area contributed by atoms with Crippen LogP contribution in [0.5, 0.6) is 0 Å². The van der Waals surface area contributed by atoms with Crippen LogP contribution in [-0.4, -0.2) is 39.0 Å². The molecule has 1 aliphatic rings. The minimum atomic E-state index is -1.60. The van der Waals surface area contributed by atoms with Gasteiger partial charge in [-0.05, 0) is 41.3 Å². The molecular formula is C28H30Cl2N4O2. The van der Waals surface area contributed by atoms with Crippen molar-refractivity contribution in [1.29, 1.82) is 0 Å². The van der Waals surface area contributed by atoms with Crippen molar-refractivity contribution in [3.05, 3.63) is 108 Å². The third kappa shape index (κ3) is 5.57. The lowest BCUT2D eigenvalue weighted by molar-refractivity contribution is -0.151. The number of H-pyrrole nitrogens is 1. The SMILES string of the molecule is CC(O)(C(=O)N1CCN(Cc2cnc[nH]2)c2ccc(-c3ccccc3)cc2C1)c1ccccc1.Cl.Cl. The van der Waals surface area contributed by atoms with Crippen LogP contribution in [-0.2, 0) is 23.5 Å². The predicted molar refractivity (Wildman–Crippen MR) is 147 cm³/mol. The van der Waals surface area contributed by atoms with Crippen LogP contribution in [0.4, 0.5) is 5.69 Å². The molecule has 2 N–H and O–H groups in total. The van der Waals surface area contributed by atoms with Crippen molar-refractivity contribution >= 4 is 36.4 Å². The number of aromatic amines is 1. The summed E-state index contributed by atoms with van der Waals surface area (Å²) in [5, 5.41) is 11.2. The summed E-state index contributed by atoms with van der Waals surface area (Å²) in [4.78, 5) is 25.0. The van der Waals surface area contributed by atoms with Crippen molar-refractivity contribution in [2.45, 2.75) is 25.6 Å². The normalized spacial score (nSPS) is 14.5. The first kappa shape index (κ1) is 27.3. The largest absolute Gasteiger partial charge is 0.376 e. The third-order valence-corrected chi connectivity index (χ3v) is 6.48. The van der Waals surface area contributed by atoms with Crippen molar-refractivity contribution in [2.24, 2.45) is 0 Å². The number of nitrogens with one attached hydrogen (secondary N) is 1. The molecule has 6 nitrogen and oxygen atoms in total. The number of rotatable bonds is 5. The Morgan fingerprint density at radius 3 is 2.33 bits per heavy atom. The van der Waals surface area contributed by atoms with Crippen molar-refractivity contribution in [3.63, 3.8) is 0 Å². The van der Waals surface area contributed by atoms with Gasteiger partial charge in [-0.1, -0.05) is 66.7 Å². The van der Waals surface area contributed by atoms with E-state index < -0.39 is 5.60 Å². The molecule has 3 aromatic carbocycles. The topological polar surface area (TPSA) is 72.5 Å². The molecule has 4 aromatic rings. The smallest absolute Gasteiger partial charge is 0.259 e. The number of amides is 1. The van der Waals surface area contributed by atoms with Gasteiger partial charge in [-0.2, -0.15) is 0 Å². The zero-order chi connectivity index (χ0) is 23.5. The van der Waals surface area contributed by atoms with Crippen LogP contribution in [0.2, 0.25) is 0 Å². The minimum Gasteiger partial charge on any atom is -0.376 e. The van der Waals surface area contributed by atoms with E-state index in [4.69, 9.17) is 0 Å². The number of carbonyl (C=O) groups is 1. The Hall–Kier alpha value is -3.32. The van der Waals surface area contributed by atoms with E-state index in [0.717, 1.165) is 28.1 Å². The molecule has 5 rings (SSSR count). The average Bonchev–Trinajstić information content (AvgIpc) is 3.32. The molecule has 0 fully saturated rings. The summed E-state index contributed by atoms with van der Waals surface area (Å²) in [6.45, 7) is 3.82. The van der Waals surface area contributed by atoms with E-state index in [1.165, 1.54) is 0 Å². The molecule has 1 unspecified atom stereocenters. The summed E-state index contributed by atoms with van der Waals surface area (Å²) in [7, 11) is 0. The van der Waals surface area contributed by atoms with Gasteiger partial charge < -0.3 is 19.9 Å². The number of hydrogen-bond acceptors (Lipinski definition) is 4. The Morgan fingerprint density at radius 2 is 1.67 bits per heavy atom. The lowest BCUT2D eigenvalue weighted by atomic mass is 9.94. The van der Waals surface area contributed by atoms with E-state index >= 15 is 0 Å². The Morgan fingerprint density at radius 1 is 0.972 bits per heavy atom. The quantitative estimate of drug-likeness (QED) is 0.377. The number of fused-ring (bicyclic) bond motifs is 1. The zero-order valence-electron chi connectivity index (χ0n) is 20.0. The van der Waals surface area contributed by atoms with Gasteiger partial charge >= 0.3 is 0 Å². The summed E-state index contributed by atoms with van der Waals surface area (Å²) < 4.78 is 0. The predicted octanol–water partition coefficient (Wildman–Crippen LogP) is 5.18. The number of hydrogen-bond donors (Lipinski definition) is 2. The Labute approximate surface area is 223 Å². The second kappa shape index (κ2) is 11.6. The summed E-state index contributed by atoms with van der Waals surface area (Å²) in [6, 6.07) is 25.8. The third-order valence-electron chi connectivity index (χ3n) is 6.48. The summed E-state index contributed by atoms with van der Waals surface area (Å²) >= 11 is 0. The standard InChI is InChI=1S/C28H28N4O2.2ClH/c1-28(34,24-10-6-3-7-11-24)27(33)32-15-14-31(19-25-17-29-20-30-25)26-13-12-22(16-23(26)18-32)21-8-4-2-5-9-21;;/h2-13,16-17,20,34H,14-15,18-19H2,1H3,(H,29,30);2*1H. The lowest BCUT2D eigenvalue weighted by Gasteiger charge is -2.30. The molecule has 1 aromatic heterocycles. The molecule has 0 aliphatic carbocycles. The molecule has 0 spiro atoms. The van der Waals surface area contributed by atoms with E-state index in [1.54, 1.807) is 30.3 Å². The van der Waals surface area contributed by atoms with Crippen molar-refractivity contribution in [2.75, 3.05) is 18.0 Å². The average molecular weight is 525 g/mol. The first-order valence-corrected chi connectivity index (χ1v) is 11.5. The molecular weight excluding hydrogens is 495 g/mol. The highest BCUT2D eigenvalue weighted by Gasteiger charge is 2.37. The van der Waals surface area contributed by atoms with Crippen molar-refractivity contribution < 1.29 is 9.90 Å². The first-order valence-electron chi connectivity index (χ1n) is 11.5. The van der Waals surface area contributed by atoms with Crippen LogP contribution < -0.4 is 4.90 Å². The number of imidazole rings is 1. The number of benzene rings is 3. The van der Waals surface area contributed by atoms with Gasteiger partial charge in [-0.25, -0.2) is 4.98 Å². The molecule has 2 heterocycles. The van der Waals surface area contributed by atoms with E-state index in [2.05, 4.69) is 45.2 Å². The van der Waals surface area contributed by atoms with E-state index in [9.17, 15) is 9.90 Å². The van der Waals surface area contributed by atoms with Gasteiger partial charge in [0.1, 0.15) is 0 Å². The molecule has 1 atom stereocenters. The summed E-state index contributed by atoms with van der Waals surface area (Å²) in [6.07, 6.45) is 3.51. The second-order valence-electron chi connectivity index (χ2n) is 8.87. The van der Waals surface area contributed by atoms with Crippen LogP contribution in [0.15, 0.2) is 91.4 Å². The number of aliphatic hydroxyl groups is 1. The molecule has 0 saturated carbocycles. The molecule has 1 aliphatic heterocycles. The highest BCUT2D eigenvalue weighted by atomic mass is 35.5. The Balaban J connectivity index is 0.00000180. The van der Waals surface area contributed by atoms with Crippen LogP contribution >= 0.6 is 24.8 Å². The van der Waals surface area contributed by atoms with Crippen LogP contribution in [0.3, 0.4) is 0 Å². The first-order chi connectivity index (χ1) is 16.5. The highest BCUT2D eigenvalue weighted by molar-refractivity contribution is 5.86. The van der Waals surface area contributed by atoms with Gasteiger partial charge in [-0.3, -0.25) is 4.79 Å². The van der Waals surface area contributed by atoms with E-state index in [-0.39, 0.29) is 30.7 Å². The van der Waals surface area contributed by atoms with Crippen molar-refractivity contribution in [3.8, 4) is 11.1 Å². The summed E-state index contributed by atoms with van der Waals surface area (Å²) in [5.41, 5.74) is 4.37. The zero-order valence-corrected chi connectivity index (χ0v) is 21.6. The maximum absolute atomic E-state index is 13.6. The van der Waals surface area contributed by atoms with E-state index in [0.29, 0.717) is 31.7 Å². The fourth-order valence-corrected chi connectivity index (χ4v) is 4.59. The Bertz CT molecular complexity index is 1270. The molecule has 1 amide bonds.